The number of benzene rings is 3. The first-order valence-electron chi connectivity index (χ1n) is 9.39. The molecule has 1 N–H and O–H groups in total. The third-order valence-electron chi connectivity index (χ3n) is 4.75. The zero-order valence-electron chi connectivity index (χ0n) is 16.7. The summed E-state index contributed by atoms with van der Waals surface area (Å²) < 4.78 is 26.6. The molecule has 1 amide bonds. The summed E-state index contributed by atoms with van der Waals surface area (Å²) in [5, 5.41) is 3.02. The average Bonchev–Trinajstić information content (AvgIpc) is 2.71. The van der Waals surface area contributed by atoms with Gasteiger partial charge in [-0.05, 0) is 51.7 Å². The third-order valence-corrected chi connectivity index (χ3v) is 6.54. The van der Waals surface area contributed by atoms with Gasteiger partial charge in [0.05, 0.1) is 18.0 Å². The smallest absolute Gasteiger partial charge is 0.241 e. The second kappa shape index (κ2) is 9.45. The number of nitrogens with zero attached hydrogens (tertiary/aromatic N) is 1. The van der Waals surface area contributed by atoms with Crippen LogP contribution < -0.4 is 9.62 Å². The van der Waals surface area contributed by atoms with E-state index in [2.05, 4.69) is 21.2 Å². The van der Waals surface area contributed by atoms with Crippen LogP contribution in [0.15, 0.2) is 83.3 Å². The van der Waals surface area contributed by atoms with E-state index < -0.39 is 15.9 Å². The Morgan fingerprint density at radius 2 is 1.57 bits per heavy atom. The maximum Gasteiger partial charge on any atom is 0.241 e. The fourth-order valence-electron chi connectivity index (χ4n) is 3.27. The SMILES string of the molecule is Cc1ccccc1[C@H](NC(=O)CN(c1ccccc1Br)S(C)(=O)=O)c1ccccc1. The fourth-order valence-corrected chi connectivity index (χ4v) is 4.75. The summed E-state index contributed by atoms with van der Waals surface area (Å²) in [5.41, 5.74) is 3.34. The summed E-state index contributed by atoms with van der Waals surface area (Å²) in [7, 11) is -3.67. The van der Waals surface area contributed by atoms with Crippen molar-refractivity contribution in [3.63, 3.8) is 0 Å². The Kier molecular flexibility index (Phi) is 6.95. The molecular weight excluding hydrogens is 464 g/mol. The summed E-state index contributed by atoms with van der Waals surface area (Å²) in [4.78, 5) is 13.0. The van der Waals surface area contributed by atoms with Crippen molar-refractivity contribution < 1.29 is 13.2 Å². The van der Waals surface area contributed by atoms with E-state index in [9.17, 15) is 13.2 Å². The monoisotopic (exact) mass is 486 g/mol. The molecule has 0 saturated carbocycles. The lowest BCUT2D eigenvalue weighted by atomic mass is 9.95. The summed E-state index contributed by atoms with van der Waals surface area (Å²) >= 11 is 3.38. The van der Waals surface area contributed by atoms with Gasteiger partial charge in [-0.2, -0.15) is 0 Å². The van der Waals surface area contributed by atoms with Crippen LogP contribution in [-0.4, -0.2) is 27.1 Å². The van der Waals surface area contributed by atoms with Crippen molar-refractivity contribution in [2.75, 3.05) is 17.1 Å². The van der Waals surface area contributed by atoms with E-state index in [1.54, 1.807) is 24.3 Å². The van der Waals surface area contributed by atoms with Gasteiger partial charge in [-0.25, -0.2) is 8.42 Å². The normalized spacial score (nSPS) is 12.2. The highest BCUT2D eigenvalue weighted by Gasteiger charge is 2.25. The molecule has 3 aromatic carbocycles. The molecule has 7 heteroatoms. The van der Waals surface area contributed by atoms with E-state index in [1.807, 2.05) is 61.5 Å². The molecule has 0 aliphatic heterocycles. The van der Waals surface area contributed by atoms with Gasteiger partial charge in [0.1, 0.15) is 6.54 Å². The predicted octanol–water partition coefficient (Wildman–Crippen LogP) is 4.43. The first-order valence-corrected chi connectivity index (χ1v) is 12.0. The average molecular weight is 487 g/mol. The zero-order valence-corrected chi connectivity index (χ0v) is 19.2. The number of para-hydroxylation sites is 1. The first-order chi connectivity index (χ1) is 14.3. The van der Waals surface area contributed by atoms with Gasteiger partial charge >= 0.3 is 0 Å². The van der Waals surface area contributed by atoms with Crippen molar-refractivity contribution in [3.8, 4) is 0 Å². The Bertz CT molecular complexity index is 1130. The lowest BCUT2D eigenvalue weighted by Gasteiger charge is -2.26. The van der Waals surface area contributed by atoms with Crippen molar-refractivity contribution in [2.24, 2.45) is 0 Å². The van der Waals surface area contributed by atoms with Gasteiger partial charge in [0, 0.05) is 4.47 Å². The molecule has 0 unspecified atom stereocenters. The Labute approximate surface area is 185 Å². The van der Waals surface area contributed by atoms with Gasteiger partial charge in [-0.15, -0.1) is 0 Å². The molecule has 0 fully saturated rings. The van der Waals surface area contributed by atoms with E-state index in [0.717, 1.165) is 27.3 Å². The first kappa shape index (κ1) is 22.1. The molecular formula is C23H23BrN2O3S. The van der Waals surface area contributed by atoms with Crippen LogP contribution in [0.4, 0.5) is 5.69 Å². The van der Waals surface area contributed by atoms with E-state index in [4.69, 9.17) is 0 Å². The van der Waals surface area contributed by atoms with Crippen LogP contribution in [0.3, 0.4) is 0 Å². The highest BCUT2D eigenvalue weighted by molar-refractivity contribution is 9.10. The molecule has 0 radical (unpaired) electrons. The van der Waals surface area contributed by atoms with Gasteiger partial charge in [0.15, 0.2) is 0 Å². The molecule has 30 heavy (non-hydrogen) atoms. The number of hydrogen-bond acceptors (Lipinski definition) is 3. The van der Waals surface area contributed by atoms with Crippen molar-refractivity contribution in [1.29, 1.82) is 0 Å². The van der Waals surface area contributed by atoms with Crippen LogP contribution in [0.1, 0.15) is 22.7 Å². The van der Waals surface area contributed by atoms with Gasteiger partial charge in [-0.1, -0.05) is 66.7 Å². The van der Waals surface area contributed by atoms with E-state index in [1.165, 1.54) is 0 Å². The zero-order chi connectivity index (χ0) is 21.7. The Hall–Kier alpha value is -2.64. The summed E-state index contributed by atoms with van der Waals surface area (Å²) in [6.45, 7) is 1.66. The van der Waals surface area contributed by atoms with Crippen molar-refractivity contribution in [3.05, 3.63) is 100 Å². The Morgan fingerprint density at radius 3 is 2.20 bits per heavy atom. The number of halogens is 1. The van der Waals surface area contributed by atoms with Crippen LogP contribution >= 0.6 is 15.9 Å². The maximum absolute atomic E-state index is 13.0. The van der Waals surface area contributed by atoms with Crippen molar-refractivity contribution in [2.45, 2.75) is 13.0 Å². The number of carbonyl (C=O) groups excluding carboxylic acids is 1. The lowest BCUT2D eigenvalue weighted by molar-refractivity contribution is -0.120. The Balaban J connectivity index is 1.92. The van der Waals surface area contributed by atoms with E-state index >= 15 is 0 Å². The van der Waals surface area contributed by atoms with Crippen LogP contribution in [0.5, 0.6) is 0 Å². The van der Waals surface area contributed by atoms with Gasteiger partial charge in [-0.3, -0.25) is 9.10 Å². The van der Waals surface area contributed by atoms with Crippen LogP contribution in [0, 0.1) is 6.92 Å². The second-order valence-electron chi connectivity index (χ2n) is 6.99. The van der Waals surface area contributed by atoms with Crippen LogP contribution in [0.25, 0.3) is 0 Å². The Morgan fingerprint density at radius 1 is 0.967 bits per heavy atom. The number of sulfonamides is 1. The number of rotatable bonds is 7. The minimum atomic E-state index is -3.67. The third kappa shape index (κ3) is 5.29. The molecule has 156 valence electrons. The quantitative estimate of drug-likeness (QED) is 0.536. The lowest BCUT2D eigenvalue weighted by Crippen LogP contribution is -2.42. The molecule has 3 aromatic rings. The number of amides is 1. The standard InChI is InChI=1S/C23H23BrN2O3S/c1-17-10-6-7-13-19(17)23(18-11-4-3-5-12-18)25-22(27)16-26(30(2,28)29)21-15-9-8-14-20(21)24/h3-15,23H,16H2,1-2H3,(H,25,27)/t23-/m1/s1. The van der Waals surface area contributed by atoms with Crippen LogP contribution in [0.2, 0.25) is 0 Å². The summed E-state index contributed by atoms with van der Waals surface area (Å²) in [6, 6.07) is 24.0. The number of nitrogens with one attached hydrogen (secondary N) is 1. The number of carbonyl (C=O) groups is 1. The molecule has 0 heterocycles. The highest BCUT2D eigenvalue weighted by atomic mass is 79.9. The van der Waals surface area contributed by atoms with E-state index in [0.29, 0.717) is 10.2 Å². The number of hydrogen-bond donors (Lipinski definition) is 1. The summed E-state index contributed by atoms with van der Waals surface area (Å²) in [6.07, 6.45) is 1.09. The minimum absolute atomic E-state index is 0.323. The maximum atomic E-state index is 13.0. The highest BCUT2D eigenvalue weighted by Crippen LogP contribution is 2.28. The van der Waals surface area contributed by atoms with Crippen molar-refractivity contribution in [1.82, 2.24) is 5.32 Å². The molecule has 0 bridgehead atoms. The van der Waals surface area contributed by atoms with Gasteiger partial charge in [0.25, 0.3) is 0 Å². The van der Waals surface area contributed by atoms with Gasteiger partial charge in [0.2, 0.25) is 15.9 Å². The van der Waals surface area contributed by atoms with Crippen LogP contribution in [-0.2, 0) is 14.8 Å². The van der Waals surface area contributed by atoms with Crippen molar-refractivity contribution >= 4 is 37.5 Å². The van der Waals surface area contributed by atoms with E-state index in [-0.39, 0.29) is 12.6 Å². The second-order valence-corrected chi connectivity index (χ2v) is 9.75. The molecule has 1 atom stereocenters. The molecule has 0 aromatic heterocycles. The topological polar surface area (TPSA) is 66.5 Å². The molecule has 5 nitrogen and oxygen atoms in total. The number of anilines is 1. The molecule has 0 saturated heterocycles. The minimum Gasteiger partial charge on any atom is -0.344 e. The predicted molar refractivity (Wildman–Crippen MR) is 124 cm³/mol. The fraction of sp³-hybridized carbons (Fsp3) is 0.174. The van der Waals surface area contributed by atoms with Gasteiger partial charge < -0.3 is 5.32 Å². The molecule has 3 rings (SSSR count). The molecule has 0 aliphatic rings. The largest absolute Gasteiger partial charge is 0.344 e. The summed E-state index contributed by atoms with van der Waals surface area (Å²) in [5.74, 6) is -0.395. The molecule has 0 spiro atoms. The molecule has 0 aliphatic carbocycles. The number of aryl methyl sites for hydroxylation is 1.